The molecule has 8 heteroatoms. The van der Waals surface area contributed by atoms with Gasteiger partial charge in [-0.1, -0.05) is 0 Å². The van der Waals surface area contributed by atoms with Crippen molar-refractivity contribution in [3.63, 3.8) is 0 Å². The highest BCUT2D eigenvalue weighted by Crippen LogP contribution is 2.32. The van der Waals surface area contributed by atoms with Gasteiger partial charge >= 0.3 is 0 Å². The fraction of sp³-hybridized carbons (Fsp3) is 0.333. The molecular formula is C12H15N3O4S. The number of pyridine rings is 1. The average molecular weight is 297 g/mol. The summed E-state index contributed by atoms with van der Waals surface area (Å²) >= 11 is 1.11. The molecule has 0 saturated carbocycles. The third-order valence-corrected chi connectivity index (χ3v) is 4.13. The number of aromatic nitrogens is 1. The lowest BCUT2D eigenvalue weighted by Gasteiger charge is -2.28. The molecule has 2 rings (SSSR count). The minimum Gasteiger partial charge on any atom is -0.397 e. The first-order chi connectivity index (χ1) is 9.56. The zero-order chi connectivity index (χ0) is 14.8. The number of fused-ring (bicyclic) bond motifs is 1. The van der Waals surface area contributed by atoms with Gasteiger partial charge in [0.2, 0.25) is 0 Å². The molecule has 1 amide bonds. The highest BCUT2D eigenvalue weighted by Gasteiger charge is 2.31. The molecule has 108 valence electrons. The molecule has 0 spiro atoms. The summed E-state index contributed by atoms with van der Waals surface area (Å²) in [7, 11) is 0. The molecule has 20 heavy (non-hydrogen) atoms. The van der Waals surface area contributed by atoms with Gasteiger partial charge in [0, 0.05) is 11.6 Å². The molecular weight excluding hydrogens is 282 g/mol. The van der Waals surface area contributed by atoms with Gasteiger partial charge in [-0.3, -0.25) is 4.79 Å². The maximum absolute atomic E-state index is 12.2. The lowest BCUT2D eigenvalue weighted by molar-refractivity contribution is 0.0377. The Bertz CT molecular complexity index is 616. The van der Waals surface area contributed by atoms with Crippen molar-refractivity contribution < 1.29 is 20.1 Å². The molecule has 0 aliphatic rings. The van der Waals surface area contributed by atoms with Crippen LogP contribution in [-0.4, -0.2) is 51.6 Å². The highest BCUT2D eigenvalue weighted by atomic mass is 32.1. The van der Waals surface area contributed by atoms with E-state index in [1.54, 1.807) is 18.3 Å². The highest BCUT2D eigenvalue weighted by molar-refractivity contribution is 7.21. The van der Waals surface area contributed by atoms with Gasteiger partial charge in [-0.05, 0) is 12.1 Å². The molecule has 2 heterocycles. The molecule has 0 fully saturated rings. The summed E-state index contributed by atoms with van der Waals surface area (Å²) in [6.07, 6.45) is 1.60. The Morgan fingerprint density at radius 1 is 1.35 bits per heavy atom. The molecule has 0 aromatic carbocycles. The normalized spacial score (nSPS) is 11.8. The topological polar surface area (TPSA) is 129 Å². The van der Waals surface area contributed by atoms with E-state index in [-0.39, 0.29) is 4.88 Å². The van der Waals surface area contributed by atoms with Crippen LogP contribution in [0.1, 0.15) is 9.67 Å². The maximum atomic E-state index is 12.2. The molecule has 0 unspecified atom stereocenters. The number of hydrogen-bond donors (Lipinski definition) is 5. The van der Waals surface area contributed by atoms with Crippen molar-refractivity contribution in [1.29, 1.82) is 0 Å². The number of carbonyl (C=O) groups is 1. The van der Waals surface area contributed by atoms with Crippen molar-refractivity contribution in [3.8, 4) is 0 Å². The SMILES string of the molecule is Nc1c(C(=O)NC(CO)(CO)CO)sc2ncccc12. The Morgan fingerprint density at radius 2 is 2.00 bits per heavy atom. The van der Waals surface area contributed by atoms with Gasteiger partial charge in [0.25, 0.3) is 5.91 Å². The number of amides is 1. The smallest absolute Gasteiger partial charge is 0.264 e. The fourth-order valence-electron chi connectivity index (χ4n) is 1.69. The first-order valence-electron chi connectivity index (χ1n) is 5.85. The van der Waals surface area contributed by atoms with Gasteiger partial charge in [-0.15, -0.1) is 11.3 Å². The predicted octanol–water partition coefficient (Wildman–Crippen LogP) is -0.676. The van der Waals surface area contributed by atoms with Crippen LogP contribution >= 0.6 is 11.3 Å². The quantitative estimate of drug-likeness (QED) is 0.497. The Balaban J connectivity index is 2.34. The van der Waals surface area contributed by atoms with Gasteiger partial charge in [-0.2, -0.15) is 0 Å². The lowest BCUT2D eigenvalue weighted by Crippen LogP contribution is -2.56. The third kappa shape index (κ3) is 2.46. The van der Waals surface area contributed by atoms with Gasteiger partial charge < -0.3 is 26.4 Å². The van der Waals surface area contributed by atoms with E-state index in [4.69, 9.17) is 5.73 Å². The van der Waals surface area contributed by atoms with Crippen LogP contribution in [0.3, 0.4) is 0 Å². The molecule has 0 radical (unpaired) electrons. The molecule has 0 aliphatic carbocycles. The first-order valence-corrected chi connectivity index (χ1v) is 6.66. The summed E-state index contributed by atoms with van der Waals surface area (Å²) < 4.78 is 0. The van der Waals surface area contributed by atoms with Crippen molar-refractivity contribution in [2.45, 2.75) is 5.54 Å². The van der Waals surface area contributed by atoms with Crippen LogP contribution in [0.4, 0.5) is 5.69 Å². The number of thiophene rings is 1. The van der Waals surface area contributed by atoms with Gasteiger partial charge in [0.05, 0.1) is 25.5 Å². The number of nitrogens with zero attached hydrogens (tertiary/aromatic N) is 1. The number of nitrogen functional groups attached to an aromatic ring is 1. The van der Waals surface area contributed by atoms with Crippen LogP contribution in [0.15, 0.2) is 18.3 Å². The van der Waals surface area contributed by atoms with E-state index in [9.17, 15) is 20.1 Å². The van der Waals surface area contributed by atoms with E-state index in [2.05, 4.69) is 10.3 Å². The summed E-state index contributed by atoms with van der Waals surface area (Å²) in [5, 5.41) is 30.7. The average Bonchev–Trinajstić information content (AvgIpc) is 2.83. The van der Waals surface area contributed by atoms with Crippen LogP contribution < -0.4 is 11.1 Å². The van der Waals surface area contributed by atoms with Crippen LogP contribution in [0.2, 0.25) is 0 Å². The van der Waals surface area contributed by atoms with Crippen molar-refractivity contribution >= 4 is 33.1 Å². The van der Waals surface area contributed by atoms with Crippen molar-refractivity contribution in [3.05, 3.63) is 23.2 Å². The van der Waals surface area contributed by atoms with E-state index >= 15 is 0 Å². The largest absolute Gasteiger partial charge is 0.397 e. The Hall–Kier alpha value is -1.74. The minimum atomic E-state index is -1.48. The van der Waals surface area contributed by atoms with Crippen molar-refractivity contribution in [2.24, 2.45) is 0 Å². The Kier molecular flexibility index (Phi) is 4.19. The molecule has 0 aliphatic heterocycles. The van der Waals surface area contributed by atoms with Crippen molar-refractivity contribution in [1.82, 2.24) is 10.3 Å². The number of aliphatic hydroxyl groups excluding tert-OH is 3. The molecule has 7 nitrogen and oxygen atoms in total. The Labute approximate surface area is 118 Å². The van der Waals surface area contributed by atoms with Crippen LogP contribution in [0.5, 0.6) is 0 Å². The number of hydrogen-bond acceptors (Lipinski definition) is 7. The number of nitrogens with one attached hydrogen (secondary N) is 1. The molecule has 0 saturated heterocycles. The molecule has 0 atom stereocenters. The summed E-state index contributed by atoms with van der Waals surface area (Å²) in [6, 6.07) is 3.47. The lowest BCUT2D eigenvalue weighted by atomic mass is 10.0. The van der Waals surface area contributed by atoms with Gasteiger partial charge in [-0.25, -0.2) is 4.98 Å². The molecule has 2 aromatic heterocycles. The van der Waals surface area contributed by atoms with Gasteiger partial charge in [0.15, 0.2) is 0 Å². The number of rotatable bonds is 5. The standard InChI is InChI=1S/C12H15N3O4S/c13-8-7-2-1-3-14-11(7)20-9(8)10(19)15-12(4-16,5-17)6-18/h1-3,16-18H,4-6,13H2,(H,15,19). The molecule has 0 bridgehead atoms. The summed E-state index contributed by atoms with van der Waals surface area (Å²) in [5.74, 6) is -0.567. The summed E-state index contributed by atoms with van der Waals surface area (Å²) in [4.78, 5) is 17.2. The van der Waals surface area contributed by atoms with E-state index in [1.807, 2.05) is 0 Å². The number of carbonyl (C=O) groups excluding carboxylic acids is 1. The van der Waals surface area contributed by atoms with Crippen LogP contribution in [0.25, 0.3) is 10.2 Å². The first kappa shape index (κ1) is 14.7. The molecule has 2 aromatic rings. The van der Waals surface area contributed by atoms with Crippen molar-refractivity contribution in [2.75, 3.05) is 25.6 Å². The summed E-state index contributed by atoms with van der Waals surface area (Å²) in [5.41, 5.74) is 4.72. The van der Waals surface area contributed by atoms with Gasteiger partial charge in [0.1, 0.15) is 15.2 Å². The third-order valence-electron chi connectivity index (χ3n) is 3.00. The van der Waals surface area contributed by atoms with E-state index in [1.165, 1.54) is 0 Å². The van der Waals surface area contributed by atoms with Crippen LogP contribution in [0, 0.1) is 0 Å². The maximum Gasteiger partial charge on any atom is 0.264 e. The van der Waals surface area contributed by atoms with E-state index in [0.29, 0.717) is 15.9 Å². The fourth-order valence-corrected chi connectivity index (χ4v) is 2.64. The monoisotopic (exact) mass is 297 g/mol. The van der Waals surface area contributed by atoms with E-state index in [0.717, 1.165) is 11.3 Å². The number of aliphatic hydroxyl groups is 3. The second kappa shape index (κ2) is 5.71. The molecule has 6 N–H and O–H groups in total. The zero-order valence-electron chi connectivity index (χ0n) is 10.5. The van der Waals surface area contributed by atoms with E-state index < -0.39 is 31.3 Å². The Morgan fingerprint density at radius 3 is 2.55 bits per heavy atom. The summed E-state index contributed by atoms with van der Waals surface area (Å²) in [6.45, 7) is -1.77. The number of anilines is 1. The van der Waals surface area contributed by atoms with Crippen LogP contribution in [-0.2, 0) is 0 Å². The zero-order valence-corrected chi connectivity index (χ0v) is 11.4. The minimum absolute atomic E-state index is 0.235. The number of nitrogens with two attached hydrogens (primary N) is 1. The second-order valence-corrected chi connectivity index (χ2v) is 5.41. The second-order valence-electron chi connectivity index (χ2n) is 4.41. The predicted molar refractivity (Wildman–Crippen MR) is 75.5 cm³/mol.